The van der Waals surface area contributed by atoms with Crippen molar-refractivity contribution in [2.75, 3.05) is 0 Å². The van der Waals surface area contributed by atoms with Crippen LogP contribution in [0.2, 0.25) is 0 Å². The summed E-state index contributed by atoms with van der Waals surface area (Å²) in [5, 5.41) is 9.65. The summed E-state index contributed by atoms with van der Waals surface area (Å²) >= 11 is 0. The van der Waals surface area contributed by atoms with Crippen LogP contribution < -0.4 is 0 Å². The molecule has 19 aromatic rings. The number of benzene rings is 14. The fourth-order valence-corrected chi connectivity index (χ4v) is 17.6. The van der Waals surface area contributed by atoms with Crippen molar-refractivity contribution < 1.29 is 0 Å². The molecule has 2 aliphatic carbocycles. The highest BCUT2D eigenvalue weighted by Gasteiger charge is 2.37. The molecule has 2 aliphatic rings. The van der Waals surface area contributed by atoms with E-state index in [9.17, 15) is 0 Å². The lowest BCUT2D eigenvalue weighted by atomic mass is 9.82. The molecule has 0 saturated heterocycles. The van der Waals surface area contributed by atoms with Gasteiger partial charge in [-0.2, -0.15) is 0 Å². The Labute approximate surface area is 578 Å². The third kappa shape index (κ3) is 8.13. The Kier molecular flexibility index (Phi) is 11.8. The van der Waals surface area contributed by atoms with E-state index in [0.717, 1.165) is 66.7 Å². The van der Waals surface area contributed by atoms with Gasteiger partial charge in [0.25, 0.3) is 0 Å². The van der Waals surface area contributed by atoms with Gasteiger partial charge in [0.2, 0.25) is 0 Å². The van der Waals surface area contributed by atoms with E-state index in [-0.39, 0.29) is 10.8 Å². The molecular formula is C94H64N6. The van der Waals surface area contributed by atoms with Crippen LogP contribution in [-0.4, -0.2) is 28.2 Å². The SMILES string of the molecule is CC1(C)c2ccccc2-c2ccc(-n3c4ccccc4c4cc(-c5ccc6c(c5)c5ccccc5n6-c5cccc(-c6cc(-n7c8ccccc8c8cc(-c9ccc%10c(c9)c9ccccc9n%10-c9ccc%10c(c9)C(C)(C)c9ccccc9-%10)ccc87)nc(-c7ccccc7)n6)c5)ccc43)cc21. The fourth-order valence-electron chi connectivity index (χ4n) is 17.6. The molecular weight excluding hydrogens is 1210 g/mol. The number of fused-ring (bicyclic) bond motifs is 18. The first-order valence-electron chi connectivity index (χ1n) is 34.8. The molecule has 470 valence electrons. The van der Waals surface area contributed by atoms with Gasteiger partial charge >= 0.3 is 0 Å². The van der Waals surface area contributed by atoms with Gasteiger partial charge in [0.05, 0.1) is 49.8 Å². The van der Waals surface area contributed by atoms with Crippen LogP contribution in [0.5, 0.6) is 0 Å². The lowest BCUT2D eigenvalue weighted by Gasteiger charge is -2.22. The molecule has 6 heteroatoms. The summed E-state index contributed by atoms with van der Waals surface area (Å²) in [5.41, 5.74) is 30.7. The van der Waals surface area contributed by atoms with Crippen molar-refractivity contribution in [1.82, 2.24) is 28.2 Å². The molecule has 0 saturated carbocycles. The van der Waals surface area contributed by atoms with E-state index in [4.69, 9.17) is 9.97 Å². The van der Waals surface area contributed by atoms with Crippen molar-refractivity contribution in [3.05, 3.63) is 338 Å². The van der Waals surface area contributed by atoms with Crippen LogP contribution in [0.25, 0.3) is 177 Å². The normalized spacial score (nSPS) is 13.6. The van der Waals surface area contributed by atoms with Crippen LogP contribution in [0, 0.1) is 0 Å². The zero-order valence-electron chi connectivity index (χ0n) is 55.7. The van der Waals surface area contributed by atoms with Gasteiger partial charge in [0.1, 0.15) is 5.82 Å². The Morgan fingerprint density at radius 1 is 0.220 bits per heavy atom. The van der Waals surface area contributed by atoms with Crippen LogP contribution in [0.4, 0.5) is 0 Å². The third-order valence-corrected chi connectivity index (χ3v) is 22.4. The molecule has 0 fully saturated rings. The standard InChI is InChI=1S/C94H64N6/c1-93(2)78-31-14-8-25-66(78)68-43-41-64(54-80(68)93)98-84-34-17-11-28-71(84)75-51-59(38-46-88(75)98)58-37-45-87-74(50-58)70-27-10-16-33-83(70)97(87)63-24-20-23-62(49-63)82-56-91(96-92(95-82)57-21-6-5-7-22-57)100-86-36-19-13-30-73(86)77-53-61(40-48-90(77)100)60-39-47-89-76(52-60)72-29-12-18-35-85(72)99(89)65-42-44-69-67-26-9-15-32-79(67)94(3,4)81(69)55-65/h5-56H,1-4H3. The van der Waals surface area contributed by atoms with E-state index in [2.05, 4.69) is 361 Å². The highest BCUT2D eigenvalue weighted by atomic mass is 15.1. The van der Waals surface area contributed by atoms with Gasteiger partial charge in [-0.3, -0.25) is 4.57 Å². The first kappa shape index (κ1) is 56.5. The minimum absolute atomic E-state index is 0.0988. The van der Waals surface area contributed by atoms with Crippen molar-refractivity contribution in [2.24, 2.45) is 0 Å². The predicted molar refractivity (Wildman–Crippen MR) is 416 cm³/mol. The Morgan fingerprint density at radius 2 is 0.570 bits per heavy atom. The molecule has 0 amide bonds. The van der Waals surface area contributed by atoms with Gasteiger partial charge in [-0.15, -0.1) is 0 Å². The largest absolute Gasteiger partial charge is 0.309 e. The molecule has 0 N–H and O–H groups in total. The minimum Gasteiger partial charge on any atom is -0.309 e. The Balaban J connectivity index is 0.653. The summed E-state index contributed by atoms with van der Waals surface area (Å²) in [6.45, 7) is 9.44. The van der Waals surface area contributed by atoms with Crippen LogP contribution >= 0.6 is 0 Å². The average Bonchev–Trinajstić information content (AvgIpc) is 1.59. The highest BCUT2D eigenvalue weighted by molar-refractivity contribution is 6.15. The average molecular weight is 1280 g/mol. The molecule has 0 unspecified atom stereocenters. The van der Waals surface area contributed by atoms with Gasteiger partial charge in [0.15, 0.2) is 5.82 Å². The van der Waals surface area contributed by atoms with Crippen molar-refractivity contribution in [2.45, 2.75) is 38.5 Å². The molecule has 5 heterocycles. The molecule has 0 radical (unpaired) electrons. The number of hydrogen-bond donors (Lipinski definition) is 0. The van der Waals surface area contributed by atoms with E-state index in [1.165, 1.54) is 127 Å². The molecule has 0 bridgehead atoms. The first-order valence-corrected chi connectivity index (χ1v) is 34.8. The van der Waals surface area contributed by atoms with Crippen LogP contribution in [0.15, 0.2) is 315 Å². The molecule has 14 aromatic carbocycles. The Bertz CT molecular complexity index is 6720. The molecule has 0 aliphatic heterocycles. The quantitative estimate of drug-likeness (QED) is 0.152. The van der Waals surface area contributed by atoms with E-state index in [1.807, 2.05) is 0 Å². The molecule has 0 spiro atoms. The van der Waals surface area contributed by atoms with Crippen molar-refractivity contribution in [1.29, 1.82) is 0 Å². The zero-order chi connectivity index (χ0) is 66.3. The summed E-state index contributed by atoms with van der Waals surface area (Å²) in [6, 6.07) is 117. The second kappa shape index (κ2) is 20.9. The lowest BCUT2D eigenvalue weighted by Crippen LogP contribution is -2.15. The smallest absolute Gasteiger partial charge is 0.162 e. The highest BCUT2D eigenvalue weighted by Crippen LogP contribution is 2.52. The summed E-state index contributed by atoms with van der Waals surface area (Å²) < 4.78 is 9.66. The van der Waals surface area contributed by atoms with E-state index in [0.29, 0.717) is 5.82 Å². The number of aromatic nitrogens is 6. The zero-order valence-corrected chi connectivity index (χ0v) is 55.7. The number of rotatable bonds is 8. The van der Waals surface area contributed by atoms with Gasteiger partial charge in [0, 0.05) is 88.2 Å². The summed E-state index contributed by atoms with van der Waals surface area (Å²) in [4.78, 5) is 10.9. The second-order valence-corrected chi connectivity index (χ2v) is 28.5. The summed E-state index contributed by atoms with van der Waals surface area (Å²) in [6.07, 6.45) is 0. The summed E-state index contributed by atoms with van der Waals surface area (Å²) in [7, 11) is 0. The molecule has 21 rings (SSSR count). The lowest BCUT2D eigenvalue weighted by molar-refractivity contribution is 0.660. The number of para-hydroxylation sites is 4. The Morgan fingerprint density at radius 3 is 1.02 bits per heavy atom. The molecule has 6 nitrogen and oxygen atoms in total. The van der Waals surface area contributed by atoms with E-state index < -0.39 is 0 Å². The maximum absolute atomic E-state index is 5.48. The topological polar surface area (TPSA) is 45.5 Å². The third-order valence-electron chi connectivity index (χ3n) is 22.4. The van der Waals surface area contributed by atoms with E-state index >= 15 is 0 Å². The van der Waals surface area contributed by atoms with Crippen LogP contribution in [0.3, 0.4) is 0 Å². The molecule has 0 atom stereocenters. The molecule has 5 aromatic heterocycles. The van der Waals surface area contributed by atoms with Crippen molar-refractivity contribution >= 4 is 87.2 Å². The van der Waals surface area contributed by atoms with Crippen LogP contribution in [0.1, 0.15) is 49.9 Å². The fraction of sp³-hybridized carbons (Fsp3) is 0.0638. The summed E-state index contributed by atoms with van der Waals surface area (Å²) in [5.74, 6) is 1.46. The maximum atomic E-state index is 5.48. The van der Waals surface area contributed by atoms with Gasteiger partial charge < -0.3 is 13.7 Å². The van der Waals surface area contributed by atoms with Gasteiger partial charge in [-0.05, 0) is 176 Å². The van der Waals surface area contributed by atoms with Crippen molar-refractivity contribution in [3.63, 3.8) is 0 Å². The Hall–Kier alpha value is -12.6. The maximum Gasteiger partial charge on any atom is 0.162 e. The predicted octanol–water partition coefficient (Wildman–Crippen LogP) is 24.1. The van der Waals surface area contributed by atoms with E-state index in [1.54, 1.807) is 0 Å². The first-order chi connectivity index (χ1) is 49.1. The minimum atomic E-state index is -0.103. The van der Waals surface area contributed by atoms with Crippen LogP contribution in [-0.2, 0) is 10.8 Å². The number of hydrogen-bond acceptors (Lipinski definition) is 2. The second-order valence-electron chi connectivity index (χ2n) is 28.5. The number of nitrogens with zero attached hydrogens (tertiary/aromatic N) is 6. The van der Waals surface area contributed by atoms with Crippen molar-refractivity contribution in [3.8, 4) is 90.0 Å². The van der Waals surface area contributed by atoms with Gasteiger partial charge in [-0.25, -0.2) is 9.97 Å². The monoisotopic (exact) mass is 1280 g/mol. The molecule has 100 heavy (non-hydrogen) atoms. The van der Waals surface area contributed by atoms with Gasteiger partial charge in [-0.1, -0.05) is 228 Å².